The summed E-state index contributed by atoms with van der Waals surface area (Å²) in [5.41, 5.74) is 0. The summed E-state index contributed by atoms with van der Waals surface area (Å²) in [6.45, 7) is 6.63. The minimum absolute atomic E-state index is 0.918. The molecular weight excluding hydrogens is 186 g/mol. The van der Waals surface area contributed by atoms with Gasteiger partial charge in [-0.3, -0.25) is 0 Å². The molecular formula is C13H27NO. The van der Waals surface area contributed by atoms with Crippen LogP contribution in [0.25, 0.3) is 0 Å². The maximum absolute atomic E-state index is 5.66. The van der Waals surface area contributed by atoms with E-state index < -0.39 is 0 Å². The predicted octanol–water partition coefficient (Wildman–Crippen LogP) is 2.97. The lowest BCUT2D eigenvalue weighted by atomic mass is 9.95. The van der Waals surface area contributed by atoms with E-state index in [0.717, 1.165) is 19.1 Å². The highest BCUT2D eigenvalue weighted by Gasteiger charge is 2.11. The molecule has 0 radical (unpaired) electrons. The van der Waals surface area contributed by atoms with Gasteiger partial charge in [0.15, 0.2) is 0 Å². The molecule has 0 spiro atoms. The van der Waals surface area contributed by atoms with E-state index in [1.165, 1.54) is 58.0 Å². The molecule has 0 saturated carbocycles. The molecule has 1 aliphatic rings. The minimum Gasteiger partial charge on any atom is -0.381 e. The third-order valence-electron chi connectivity index (χ3n) is 3.27. The second-order valence-electron chi connectivity index (χ2n) is 4.66. The van der Waals surface area contributed by atoms with Gasteiger partial charge in [-0.15, -0.1) is 0 Å². The summed E-state index contributed by atoms with van der Waals surface area (Å²) in [5, 5.41) is 3.40. The maximum Gasteiger partial charge on any atom is 0.0468 e. The second-order valence-corrected chi connectivity index (χ2v) is 4.66. The van der Waals surface area contributed by atoms with Crippen LogP contribution in [0, 0.1) is 5.92 Å². The number of unbranched alkanes of at least 4 members (excludes halogenated alkanes) is 3. The van der Waals surface area contributed by atoms with Gasteiger partial charge in [0.2, 0.25) is 0 Å². The third-order valence-corrected chi connectivity index (χ3v) is 3.27. The first-order valence-corrected chi connectivity index (χ1v) is 6.72. The lowest BCUT2D eigenvalue weighted by Crippen LogP contribution is -2.28. The van der Waals surface area contributed by atoms with Gasteiger partial charge < -0.3 is 10.1 Å². The zero-order chi connectivity index (χ0) is 10.8. The quantitative estimate of drug-likeness (QED) is 0.626. The van der Waals surface area contributed by atoms with Crippen LogP contribution in [0.15, 0.2) is 0 Å². The first kappa shape index (κ1) is 13.0. The largest absolute Gasteiger partial charge is 0.381 e. The first-order valence-electron chi connectivity index (χ1n) is 6.72. The molecule has 1 aliphatic heterocycles. The standard InChI is InChI=1S/C13H27NO/c1-2-3-4-5-11-15-12-8-13-6-9-14-10-7-13/h13-14H,2-12H2,1H3. The Labute approximate surface area is 94.8 Å². The number of ether oxygens (including phenoxy) is 1. The first-order chi connectivity index (χ1) is 7.43. The van der Waals surface area contributed by atoms with Crippen LogP contribution in [0.2, 0.25) is 0 Å². The number of piperidine rings is 1. The number of hydrogen-bond donors (Lipinski definition) is 1. The van der Waals surface area contributed by atoms with Crippen molar-refractivity contribution in [2.75, 3.05) is 26.3 Å². The van der Waals surface area contributed by atoms with Crippen LogP contribution in [0.3, 0.4) is 0 Å². The summed E-state index contributed by atoms with van der Waals surface area (Å²) in [4.78, 5) is 0. The molecule has 0 unspecified atom stereocenters. The van der Waals surface area contributed by atoms with Gasteiger partial charge in [0.05, 0.1) is 0 Å². The molecule has 2 heteroatoms. The highest BCUT2D eigenvalue weighted by molar-refractivity contribution is 4.67. The van der Waals surface area contributed by atoms with Crippen LogP contribution in [0.5, 0.6) is 0 Å². The summed E-state index contributed by atoms with van der Waals surface area (Å²) >= 11 is 0. The highest BCUT2D eigenvalue weighted by Crippen LogP contribution is 2.15. The molecule has 1 saturated heterocycles. The Bertz CT molecular complexity index is 132. The van der Waals surface area contributed by atoms with Crippen molar-refractivity contribution >= 4 is 0 Å². The molecule has 1 heterocycles. The Balaban J connectivity index is 1.79. The van der Waals surface area contributed by atoms with Gasteiger partial charge in [-0.05, 0) is 44.7 Å². The van der Waals surface area contributed by atoms with Crippen molar-refractivity contribution in [2.45, 2.75) is 51.9 Å². The molecule has 0 aromatic carbocycles. The predicted molar refractivity (Wildman–Crippen MR) is 65.2 cm³/mol. The molecule has 0 aromatic rings. The van der Waals surface area contributed by atoms with Crippen molar-refractivity contribution in [3.8, 4) is 0 Å². The summed E-state index contributed by atoms with van der Waals surface area (Å²) in [6, 6.07) is 0. The average Bonchev–Trinajstić information content (AvgIpc) is 2.29. The second kappa shape index (κ2) is 9.17. The average molecular weight is 213 g/mol. The van der Waals surface area contributed by atoms with E-state index >= 15 is 0 Å². The fourth-order valence-electron chi connectivity index (χ4n) is 2.15. The third kappa shape index (κ3) is 6.91. The molecule has 1 rings (SSSR count). The molecule has 2 nitrogen and oxygen atoms in total. The summed E-state index contributed by atoms with van der Waals surface area (Å²) in [5.74, 6) is 0.918. The Morgan fingerprint density at radius 3 is 2.60 bits per heavy atom. The SMILES string of the molecule is CCCCCCOCCC1CCNCC1. The summed E-state index contributed by atoms with van der Waals surface area (Å²) in [7, 11) is 0. The fraction of sp³-hybridized carbons (Fsp3) is 1.00. The molecule has 90 valence electrons. The molecule has 0 aliphatic carbocycles. The van der Waals surface area contributed by atoms with Crippen LogP contribution in [0.4, 0.5) is 0 Å². The number of rotatable bonds is 8. The molecule has 1 N–H and O–H groups in total. The molecule has 0 amide bonds. The Hall–Kier alpha value is -0.0800. The van der Waals surface area contributed by atoms with Crippen LogP contribution >= 0.6 is 0 Å². The van der Waals surface area contributed by atoms with Crippen molar-refractivity contribution < 1.29 is 4.74 Å². The number of hydrogen-bond acceptors (Lipinski definition) is 2. The van der Waals surface area contributed by atoms with Gasteiger partial charge in [-0.25, -0.2) is 0 Å². The fourth-order valence-corrected chi connectivity index (χ4v) is 2.15. The van der Waals surface area contributed by atoms with Gasteiger partial charge in [0.25, 0.3) is 0 Å². The Morgan fingerprint density at radius 2 is 1.87 bits per heavy atom. The summed E-state index contributed by atoms with van der Waals surface area (Å²) in [6.07, 6.45) is 9.23. The normalized spacial score (nSPS) is 18.2. The van der Waals surface area contributed by atoms with E-state index in [9.17, 15) is 0 Å². The van der Waals surface area contributed by atoms with E-state index in [1.54, 1.807) is 0 Å². The smallest absolute Gasteiger partial charge is 0.0468 e. The van der Waals surface area contributed by atoms with Gasteiger partial charge in [0.1, 0.15) is 0 Å². The maximum atomic E-state index is 5.66. The van der Waals surface area contributed by atoms with Crippen molar-refractivity contribution in [3.05, 3.63) is 0 Å². The van der Waals surface area contributed by atoms with Gasteiger partial charge in [-0.2, -0.15) is 0 Å². The molecule has 1 fully saturated rings. The van der Waals surface area contributed by atoms with Crippen molar-refractivity contribution in [2.24, 2.45) is 5.92 Å². The molecule has 15 heavy (non-hydrogen) atoms. The zero-order valence-electron chi connectivity index (χ0n) is 10.3. The molecule has 0 bridgehead atoms. The van der Waals surface area contributed by atoms with Crippen LogP contribution in [0.1, 0.15) is 51.9 Å². The Morgan fingerprint density at radius 1 is 1.07 bits per heavy atom. The lowest BCUT2D eigenvalue weighted by molar-refractivity contribution is 0.111. The summed E-state index contributed by atoms with van der Waals surface area (Å²) < 4.78 is 5.66. The van der Waals surface area contributed by atoms with Gasteiger partial charge >= 0.3 is 0 Å². The van der Waals surface area contributed by atoms with E-state index in [1.807, 2.05) is 0 Å². The zero-order valence-corrected chi connectivity index (χ0v) is 10.3. The van der Waals surface area contributed by atoms with Crippen LogP contribution < -0.4 is 5.32 Å². The van der Waals surface area contributed by atoms with E-state index in [4.69, 9.17) is 4.74 Å². The topological polar surface area (TPSA) is 21.3 Å². The van der Waals surface area contributed by atoms with Crippen molar-refractivity contribution in [1.29, 1.82) is 0 Å². The Kier molecular flexibility index (Phi) is 7.94. The number of nitrogens with one attached hydrogen (secondary N) is 1. The van der Waals surface area contributed by atoms with Gasteiger partial charge in [0, 0.05) is 13.2 Å². The minimum atomic E-state index is 0.918. The van der Waals surface area contributed by atoms with Crippen LogP contribution in [-0.4, -0.2) is 26.3 Å². The van der Waals surface area contributed by atoms with E-state index in [-0.39, 0.29) is 0 Å². The monoisotopic (exact) mass is 213 g/mol. The van der Waals surface area contributed by atoms with Gasteiger partial charge in [-0.1, -0.05) is 26.2 Å². The van der Waals surface area contributed by atoms with Crippen LogP contribution in [-0.2, 0) is 4.74 Å². The van der Waals surface area contributed by atoms with Crippen molar-refractivity contribution in [3.63, 3.8) is 0 Å². The highest BCUT2D eigenvalue weighted by atomic mass is 16.5. The van der Waals surface area contributed by atoms with E-state index in [2.05, 4.69) is 12.2 Å². The van der Waals surface area contributed by atoms with E-state index in [0.29, 0.717) is 0 Å². The van der Waals surface area contributed by atoms with Crippen molar-refractivity contribution in [1.82, 2.24) is 5.32 Å². The molecule has 0 aromatic heterocycles. The molecule has 0 atom stereocenters. The lowest BCUT2D eigenvalue weighted by Gasteiger charge is -2.22.